The number of carbonyl (C=O) groups excluding carboxylic acids is 1. The van der Waals surface area contributed by atoms with Gasteiger partial charge in [0.05, 0.1) is 7.11 Å². The van der Waals surface area contributed by atoms with Crippen molar-refractivity contribution in [2.24, 2.45) is 0 Å². The Bertz CT molecular complexity index is 388. The first-order valence-corrected chi connectivity index (χ1v) is 5.52. The molecule has 0 unspecified atom stereocenters. The second-order valence-corrected chi connectivity index (χ2v) is 4.52. The Morgan fingerprint density at radius 1 is 1.41 bits per heavy atom. The highest BCUT2D eigenvalue weighted by Crippen LogP contribution is 2.30. The molecule has 1 aromatic carbocycles. The third-order valence-electron chi connectivity index (χ3n) is 2.71. The first kappa shape index (κ1) is 13.5. The van der Waals surface area contributed by atoms with Gasteiger partial charge in [0.15, 0.2) is 0 Å². The van der Waals surface area contributed by atoms with Crippen LogP contribution in [0.25, 0.3) is 0 Å². The van der Waals surface area contributed by atoms with Gasteiger partial charge in [-0.1, -0.05) is 32.0 Å². The molecule has 1 aromatic rings. The molecule has 0 aromatic heterocycles. The zero-order chi connectivity index (χ0) is 12.9. The minimum Gasteiger partial charge on any atom is -0.496 e. The average molecular weight is 237 g/mol. The molecule has 2 N–H and O–H groups in total. The fraction of sp³-hybridized carbons (Fsp3) is 0.462. The Labute approximate surface area is 102 Å². The maximum absolute atomic E-state index is 11.1. The van der Waals surface area contributed by atoms with Crippen LogP contribution in [0.15, 0.2) is 24.3 Å². The highest BCUT2D eigenvalue weighted by atomic mass is 16.5. The van der Waals surface area contributed by atoms with E-state index in [9.17, 15) is 4.79 Å². The lowest BCUT2D eigenvalue weighted by atomic mass is 9.84. The number of rotatable bonds is 5. The highest BCUT2D eigenvalue weighted by Gasteiger charge is 2.24. The van der Waals surface area contributed by atoms with Crippen LogP contribution in [0.1, 0.15) is 19.4 Å². The number of nitrogens with one attached hydrogen (secondary N) is 1. The lowest BCUT2D eigenvalue weighted by Gasteiger charge is -2.27. The predicted molar refractivity (Wildman–Crippen MR) is 66.1 cm³/mol. The highest BCUT2D eigenvalue weighted by molar-refractivity contribution is 5.77. The van der Waals surface area contributed by atoms with Gasteiger partial charge in [0.1, 0.15) is 12.4 Å². The SMILES string of the molecule is COc1ccccc1C(C)(C)CNC(=O)CO. The molecule has 1 amide bonds. The summed E-state index contributed by atoms with van der Waals surface area (Å²) in [5.41, 5.74) is 0.776. The topological polar surface area (TPSA) is 58.6 Å². The van der Waals surface area contributed by atoms with Gasteiger partial charge in [0.25, 0.3) is 0 Å². The maximum Gasteiger partial charge on any atom is 0.245 e. The van der Waals surface area contributed by atoms with E-state index in [1.54, 1.807) is 7.11 Å². The smallest absolute Gasteiger partial charge is 0.245 e. The minimum atomic E-state index is -0.484. The molecule has 0 radical (unpaired) electrons. The second kappa shape index (κ2) is 5.68. The normalized spacial score (nSPS) is 11.1. The molecular weight excluding hydrogens is 218 g/mol. The summed E-state index contributed by atoms with van der Waals surface area (Å²) in [7, 11) is 1.63. The number of para-hydroxylation sites is 1. The summed E-state index contributed by atoms with van der Waals surface area (Å²) in [6.45, 7) is 4.00. The average Bonchev–Trinajstić information content (AvgIpc) is 2.35. The van der Waals surface area contributed by atoms with Crippen molar-refractivity contribution in [1.29, 1.82) is 0 Å². The monoisotopic (exact) mass is 237 g/mol. The predicted octanol–water partition coefficient (Wildman–Crippen LogP) is 1.08. The van der Waals surface area contributed by atoms with Crippen LogP contribution in [-0.4, -0.2) is 31.3 Å². The molecule has 4 nitrogen and oxygen atoms in total. The van der Waals surface area contributed by atoms with Crippen LogP contribution in [0.3, 0.4) is 0 Å². The molecule has 4 heteroatoms. The van der Waals surface area contributed by atoms with E-state index in [4.69, 9.17) is 9.84 Å². The van der Waals surface area contributed by atoms with Crippen molar-refractivity contribution in [1.82, 2.24) is 5.32 Å². The lowest BCUT2D eigenvalue weighted by molar-refractivity contribution is -0.124. The molecule has 0 saturated heterocycles. The molecular formula is C13H19NO3. The Morgan fingerprint density at radius 2 is 2.06 bits per heavy atom. The molecule has 0 heterocycles. The van der Waals surface area contributed by atoms with Gasteiger partial charge in [-0.05, 0) is 6.07 Å². The Hall–Kier alpha value is -1.55. The number of carbonyl (C=O) groups is 1. The summed E-state index contributed by atoms with van der Waals surface area (Å²) in [5, 5.41) is 11.3. The van der Waals surface area contributed by atoms with Crippen LogP contribution >= 0.6 is 0 Å². The standard InChI is InChI=1S/C13H19NO3/c1-13(2,9-14-12(16)8-15)10-6-4-5-7-11(10)17-3/h4-7,15H,8-9H2,1-3H3,(H,14,16). The van der Waals surface area contributed by atoms with Crippen molar-refractivity contribution < 1.29 is 14.6 Å². The summed E-state index contributed by atoms with van der Waals surface area (Å²) >= 11 is 0. The van der Waals surface area contributed by atoms with E-state index in [0.717, 1.165) is 11.3 Å². The van der Waals surface area contributed by atoms with E-state index < -0.39 is 6.61 Å². The van der Waals surface area contributed by atoms with Crippen molar-refractivity contribution in [2.75, 3.05) is 20.3 Å². The van der Waals surface area contributed by atoms with E-state index >= 15 is 0 Å². The van der Waals surface area contributed by atoms with Crippen molar-refractivity contribution in [3.63, 3.8) is 0 Å². The molecule has 17 heavy (non-hydrogen) atoms. The van der Waals surface area contributed by atoms with Crippen molar-refractivity contribution in [3.8, 4) is 5.75 Å². The van der Waals surface area contributed by atoms with Crippen LogP contribution in [0, 0.1) is 0 Å². The van der Waals surface area contributed by atoms with E-state index in [1.807, 2.05) is 38.1 Å². The number of hydrogen-bond donors (Lipinski definition) is 2. The van der Waals surface area contributed by atoms with Gasteiger partial charge in [0, 0.05) is 17.5 Å². The first-order chi connectivity index (χ1) is 8.01. The number of methoxy groups -OCH3 is 1. The van der Waals surface area contributed by atoms with Gasteiger partial charge in [-0.15, -0.1) is 0 Å². The largest absolute Gasteiger partial charge is 0.496 e. The van der Waals surface area contributed by atoms with Crippen LogP contribution < -0.4 is 10.1 Å². The van der Waals surface area contributed by atoms with E-state index in [1.165, 1.54) is 0 Å². The Balaban J connectivity index is 2.84. The van der Waals surface area contributed by atoms with Crippen molar-refractivity contribution in [2.45, 2.75) is 19.3 Å². The molecule has 0 saturated carbocycles. The van der Waals surface area contributed by atoms with E-state index in [2.05, 4.69) is 5.32 Å². The van der Waals surface area contributed by atoms with E-state index in [0.29, 0.717) is 6.54 Å². The number of aliphatic hydroxyl groups excluding tert-OH is 1. The van der Waals surface area contributed by atoms with Gasteiger partial charge in [0.2, 0.25) is 5.91 Å². The molecule has 0 atom stereocenters. The summed E-state index contributed by atoms with van der Waals surface area (Å²) in [6.07, 6.45) is 0. The van der Waals surface area contributed by atoms with Crippen LogP contribution in [0.4, 0.5) is 0 Å². The fourth-order valence-corrected chi connectivity index (χ4v) is 1.67. The summed E-state index contributed by atoms with van der Waals surface area (Å²) in [4.78, 5) is 11.1. The zero-order valence-corrected chi connectivity index (χ0v) is 10.5. The quantitative estimate of drug-likeness (QED) is 0.805. The van der Waals surface area contributed by atoms with Gasteiger partial charge in [-0.3, -0.25) is 4.79 Å². The number of aliphatic hydroxyl groups is 1. The Kier molecular flexibility index (Phi) is 4.52. The fourth-order valence-electron chi connectivity index (χ4n) is 1.67. The van der Waals surface area contributed by atoms with Crippen molar-refractivity contribution >= 4 is 5.91 Å². The molecule has 0 bridgehead atoms. The number of benzene rings is 1. The number of hydrogen-bond acceptors (Lipinski definition) is 3. The molecule has 0 aliphatic heterocycles. The van der Waals surface area contributed by atoms with Gasteiger partial charge >= 0.3 is 0 Å². The van der Waals surface area contributed by atoms with Crippen LogP contribution in [0.2, 0.25) is 0 Å². The van der Waals surface area contributed by atoms with Gasteiger partial charge in [-0.25, -0.2) is 0 Å². The second-order valence-electron chi connectivity index (χ2n) is 4.52. The van der Waals surface area contributed by atoms with Crippen LogP contribution in [-0.2, 0) is 10.2 Å². The molecule has 0 aliphatic carbocycles. The lowest BCUT2D eigenvalue weighted by Crippen LogP contribution is -2.38. The molecule has 0 spiro atoms. The maximum atomic E-state index is 11.1. The minimum absolute atomic E-state index is 0.253. The van der Waals surface area contributed by atoms with Crippen LogP contribution in [0.5, 0.6) is 5.75 Å². The summed E-state index contributed by atoms with van der Waals surface area (Å²) < 4.78 is 5.30. The Morgan fingerprint density at radius 3 is 2.65 bits per heavy atom. The first-order valence-electron chi connectivity index (χ1n) is 5.52. The molecule has 94 valence electrons. The third-order valence-corrected chi connectivity index (χ3v) is 2.71. The summed E-state index contributed by atoms with van der Waals surface area (Å²) in [6, 6.07) is 7.72. The molecule has 0 aliphatic rings. The van der Waals surface area contributed by atoms with E-state index in [-0.39, 0.29) is 11.3 Å². The zero-order valence-electron chi connectivity index (χ0n) is 10.5. The molecule has 0 fully saturated rings. The van der Waals surface area contributed by atoms with Gasteiger partial charge < -0.3 is 15.2 Å². The summed E-state index contributed by atoms with van der Waals surface area (Å²) in [5.74, 6) is 0.434. The number of amides is 1. The molecule has 1 rings (SSSR count). The third kappa shape index (κ3) is 3.46. The van der Waals surface area contributed by atoms with Gasteiger partial charge in [-0.2, -0.15) is 0 Å². The van der Waals surface area contributed by atoms with Crippen molar-refractivity contribution in [3.05, 3.63) is 29.8 Å². The number of ether oxygens (including phenoxy) is 1.